The zero-order valence-corrected chi connectivity index (χ0v) is 20.3. The lowest BCUT2D eigenvalue weighted by Crippen LogP contribution is -2.45. The third-order valence-corrected chi connectivity index (χ3v) is 6.51. The third kappa shape index (κ3) is 4.70. The average Bonchev–Trinajstić information content (AvgIpc) is 3.38. The Morgan fingerprint density at radius 3 is 2.34 bits per heavy atom. The molecule has 0 spiro atoms. The molecule has 1 unspecified atom stereocenters. The molecule has 1 N–H and O–H groups in total. The molecule has 35 heavy (non-hydrogen) atoms. The summed E-state index contributed by atoms with van der Waals surface area (Å²) >= 11 is 6.05. The summed E-state index contributed by atoms with van der Waals surface area (Å²) in [5.74, 6) is 0.883. The largest absolute Gasteiger partial charge is 0.334 e. The quantitative estimate of drug-likeness (QED) is 0.332. The second-order valence-corrected chi connectivity index (χ2v) is 8.91. The first-order chi connectivity index (χ1) is 17.0. The minimum atomic E-state index is -0.418. The van der Waals surface area contributed by atoms with Gasteiger partial charge in [0.15, 0.2) is 0 Å². The number of nitrogens with zero attached hydrogens (tertiary/aromatic N) is 3. The van der Waals surface area contributed by atoms with Crippen LogP contribution in [-0.2, 0) is 13.0 Å². The van der Waals surface area contributed by atoms with Gasteiger partial charge >= 0.3 is 6.03 Å². The number of hydrogen-bond donors (Lipinski definition) is 1. The van der Waals surface area contributed by atoms with Gasteiger partial charge in [-0.05, 0) is 42.2 Å². The Bertz CT molecular complexity index is 1360. The number of aryl methyl sites for hydroxylation is 1. The summed E-state index contributed by atoms with van der Waals surface area (Å²) in [6, 6.07) is 24.8. The predicted molar refractivity (Wildman–Crippen MR) is 136 cm³/mol. The highest BCUT2D eigenvalue weighted by Crippen LogP contribution is 2.38. The van der Waals surface area contributed by atoms with Gasteiger partial charge in [-0.3, -0.25) is 4.90 Å². The topological polar surface area (TPSA) is 71.3 Å². The van der Waals surface area contributed by atoms with Crippen LogP contribution in [0.5, 0.6) is 0 Å². The number of carbonyl (C=O) groups is 1. The molecule has 2 amide bonds. The van der Waals surface area contributed by atoms with Gasteiger partial charge in [0.1, 0.15) is 0 Å². The van der Waals surface area contributed by atoms with E-state index in [1.165, 1.54) is 5.56 Å². The number of carbonyl (C=O) groups excluding carboxylic acids is 1. The highest BCUT2D eigenvalue weighted by atomic mass is 35.5. The fraction of sp³-hybridized carbons (Fsp3) is 0.179. The van der Waals surface area contributed by atoms with Crippen LogP contribution >= 0.6 is 11.6 Å². The minimum Gasteiger partial charge on any atom is -0.334 e. The van der Waals surface area contributed by atoms with Crippen molar-refractivity contribution in [3.8, 4) is 11.4 Å². The number of allylic oxidation sites excluding steroid dienone is 1. The van der Waals surface area contributed by atoms with Crippen molar-refractivity contribution >= 4 is 23.2 Å². The zero-order chi connectivity index (χ0) is 24.4. The standard InChI is InChI=1S/C28H25ClN4O2/c1-3-19-9-13-21(14-10-19)25-24(27-31-26(32-35-27)22-7-5-4-6-8-22)18(2)33(28(34)30-25)17-20-11-15-23(29)16-12-20/h4-16,25H,3,17H2,1-2H3,(H,30,34). The summed E-state index contributed by atoms with van der Waals surface area (Å²) in [4.78, 5) is 19.7. The van der Waals surface area contributed by atoms with E-state index in [1.54, 1.807) is 4.90 Å². The summed E-state index contributed by atoms with van der Waals surface area (Å²) < 4.78 is 5.76. The van der Waals surface area contributed by atoms with Crippen LogP contribution in [0, 0.1) is 0 Å². The maximum absolute atomic E-state index is 13.3. The molecular formula is C28H25ClN4O2. The summed E-state index contributed by atoms with van der Waals surface area (Å²) in [6.07, 6.45) is 0.942. The minimum absolute atomic E-state index is 0.187. The monoisotopic (exact) mass is 484 g/mol. The van der Waals surface area contributed by atoms with E-state index < -0.39 is 6.04 Å². The Morgan fingerprint density at radius 1 is 0.971 bits per heavy atom. The molecule has 1 atom stereocenters. The first-order valence-electron chi connectivity index (χ1n) is 11.5. The fourth-order valence-electron chi connectivity index (χ4n) is 4.25. The number of aromatic nitrogens is 2. The molecule has 3 aromatic carbocycles. The van der Waals surface area contributed by atoms with E-state index in [1.807, 2.05) is 73.7 Å². The Morgan fingerprint density at radius 2 is 1.66 bits per heavy atom. The molecule has 5 rings (SSSR count). The Kier molecular flexibility index (Phi) is 6.38. The molecular weight excluding hydrogens is 460 g/mol. The van der Waals surface area contributed by atoms with E-state index in [-0.39, 0.29) is 6.03 Å². The van der Waals surface area contributed by atoms with Gasteiger partial charge in [-0.25, -0.2) is 4.79 Å². The summed E-state index contributed by atoms with van der Waals surface area (Å²) in [6.45, 7) is 4.42. The molecule has 7 heteroatoms. The van der Waals surface area contributed by atoms with Crippen molar-refractivity contribution in [1.29, 1.82) is 0 Å². The average molecular weight is 485 g/mol. The molecule has 0 radical (unpaired) electrons. The lowest BCUT2D eigenvalue weighted by Gasteiger charge is -2.35. The van der Waals surface area contributed by atoms with Gasteiger partial charge in [-0.2, -0.15) is 4.98 Å². The van der Waals surface area contributed by atoms with Gasteiger partial charge in [-0.1, -0.05) is 90.4 Å². The molecule has 0 aliphatic carbocycles. The first-order valence-corrected chi connectivity index (χ1v) is 11.9. The molecule has 2 heterocycles. The molecule has 1 aliphatic rings. The number of amides is 2. The van der Waals surface area contributed by atoms with E-state index in [4.69, 9.17) is 21.1 Å². The lowest BCUT2D eigenvalue weighted by molar-refractivity contribution is 0.203. The first kappa shape index (κ1) is 22.9. The van der Waals surface area contributed by atoms with E-state index in [0.717, 1.165) is 34.4 Å². The van der Waals surface area contributed by atoms with Gasteiger partial charge < -0.3 is 9.84 Å². The Hall–Kier alpha value is -3.90. The SMILES string of the molecule is CCc1ccc(C2NC(=O)N(Cc3ccc(Cl)cc3)C(C)=C2c2nc(-c3ccccc3)no2)cc1. The molecule has 1 aliphatic heterocycles. The number of halogens is 1. The smallest absolute Gasteiger partial charge is 0.322 e. The lowest BCUT2D eigenvalue weighted by atomic mass is 9.93. The molecule has 0 bridgehead atoms. The van der Waals surface area contributed by atoms with Crippen LogP contribution in [-0.4, -0.2) is 21.1 Å². The van der Waals surface area contributed by atoms with Crippen molar-refractivity contribution in [2.24, 2.45) is 0 Å². The van der Waals surface area contributed by atoms with E-state index in [0.29, 0.717) is 23.3 Å². The van der Waals surface area contributed by atoms with Crippen molar-refractivity contribution < 1.29 is 9.32 Å². The number of hydrogen-bond acceptors (Lipinski definition) is 4. The maximum Gasteiger partial charge on any atom is 0.322 e. The molecule has 4 aromatic rings. The molecule has 6 nitrogen and oxygen atoms in total. The van der Waals surface area contributed by atoms with E-state index >= 15 is 0 Å². The van der Waals surface area contributed by atoms with Gasteiger partial charge in [-0.15, -0.1) is 0 Å². The van der Waals surface area contributed by atoms with Crippen LogP contribution in [0.4, 0.5) is 4.79 Å². The van der Waals surface area contributed by atoms with E-state index in [2.05, 4.69) is 29.5 Å². The van der Waals surface area contributed by atoms with Gasteiger partial charge in [0.25, 0.3) is 5.89 Å². The number of nitrogens with one attached hydrogen (secondary N) is 1. The van der Waals surface area contributed by atoms with Gasteiger partial charge in [0.2, 0.25) is 5.82 Å². The number of benzene rings is 3. The van der Waals surface area contributed by atoms with Crippen LogP contribution in [0.15, 0.2) is 89.1 Å². The summed E-state index contributed by atoms with van der Waals surface area (Å²) in [5, 5.41) is 8.03. The van der Waals surface area contributed by atoms with Crippen molar-refractivity contribution in [2.45, 2.75) is 32.9 Å². The maximum atomic E-state index is 13.3. The van der Waals surface area contributed by atoms with Crippen LogP contribution < -0.4 is 5.32 Å². The van der Waals surface area contributed by atoms with E-state index in [9.17, 15) is 4.79 Å². The highest BCUT2D eigenvalue weighted by Gasteiger charge is 2.35. The molecule has 176 valence electrons. The normalized spacial score (nSPS) is 15.9. The number of rotatable bonds is 6. The number of urea groups is 1. The molecule has 0 saturated carbocycles. The predicted octanol–water partition coefficient (Wildman–Crippen LogP) is 6.65. The zero-order valence-electron chi connectivity index (χ0n) is 19.5. The van der Waals surface area contributed by atoms with Crippen LogP contribution in [0.1, 0.15) is 42.5 Å². The van der Waals surface area contributed by atoms with Gasteiger partial charge in [0.05, 0.1) is 18.2 Å². The molecule has 0 saturated heterocycles. The van der Waals surface area contributed by atoms with Crippen molar-refractivity contribution in [3.05, 3.63) is 112 Å². The van der Waals surface area contributed by atoms with Crippen molar-refractivity contribution in [1.82, 2.24) is 20.4 Å². The Labute approximate surface area is 209 Å². The molecule has 1 aromatic heterocycles. The summed E-state index contributed by atoms with van der Waals surface area (Å²) in [7, 11) is 0. The van der Waals surface area contributed by atoms with Crippen LogP contribution in [0.3, 0.4) is 0 Å². The molecule has 0 fully saturated rings. The Balaban J connectivity index is 1.58. The second-order valence-electron chi connectivity index (χ2n) is 8.48. The van der Waals surface area contributed by atoms with Crippen LogP contribution in [0.2, 0.25) is 5.02 Å². The van der Waals surface area contributed by atoms with Gasteiger partial charge in [0, 0.05) is 16.3 Å². The van der Waals surface area contributed by atoms with Crippen LogP contribution in [0.25, 0.3) is 17.0 Å². The van der Waals surface area contributed by atoms with Crippen molar-refractivity contribution in [2.75, 3.05) is 0 Å². The van der Waals surface area contributed by atoms with Crippen molar-refractivity contribution in [3.63, 3.8) is 0 Å². The highest BCUT2D eigenvalue weighted by molar-refractivity contribution is 6.30. The third-order valence-electron chi connectivity index (χ3n) is 6.26. The fourth-order valence-corrected chi connectivity index (χ4v) is 4.38. The summed E-state index contributed by atoms with van der Waals surface area (Å²) in [5.41, 5.74) is 5.54. The second kappa shape index (κ2) is 9.76.